The maximum atomic E-state index is 13.2. The highest BCUT2D eigenvalue weighted by atomic mass is 32.2. The number of anilines is 1. The van der Waals surface area contributed by atoms with Gasteiger partial charge in [-0.25, -0.2) is 4.99 Å². The number of nitrogens with zero attached hydrogens (tertiary/aromatic N) is 2. The summed E-state index contributed by atoms with van der Waals surface area (Å²) in [5.41, 5.74) is 2.60. The predicted octanol–water partition coefficient (Wildman–Crippen LogP) is 5.11. The summed E-state index contributed by atoms with van der Waals surface area (Å²) in [6.45, 7) is 8.34. The number of amides is 2. The van der Waals surface area contributed by atoms with E-state index in [4.69, 9.17) is 9.73 Å². The van der Waals surface area contributed by atoms with Crippen molar-refractivity contribution < 1.29 is 14.3 Å². The van der Waals surface area contributed by atoms with Crippen LogP contribution in [0.4, 0.5) is 11.4 Å². The van der Waals surface area contributed by atoms with Crippen LogP contribution in [0.15, 0.2) is 53.5 Å². The topological polar surface area (TPSA) is 71.0 Å². The zero-order valence-electron chi connectivity index (χ0n) is 18.8. The number of carbonyl (C=O) groups is 2. The summed E-state index contributed by atoms with van der Waals surface area (Å²) in [5, 5.41) is 3.18. The summed E-state index contributed by atoms with van der Waals surface area (Å²) in [6, 6.07) is 15.3. The minimum absolute atomic E-state index is 0.0370. The molecule has 0 aliphatic carbocycles. The molecule has 3 rings (SSSR count). The molecule has 0 bridgehead atoms. The Morgan fingerprint density at radius 2 is 1.97 bits per heavy atom. The SMILES string of the molecule is CCOc1ccccc1N=C1SCC(C)N1C(=O)C(C)SCC(=O)Nc1ccc(C)cc1. The van der Waals surface area contributed by atoms with Crippen LogP contribution < -0.4 is 10.1 Å². The van der Waals surface area contributed by atoms with Crippen LogP contribution in [0, 0.1) is 6.92 Å². The number of nitrogens with one attached hydrogen (secondary N) is 1. The molecule has 2 atom stereocenters. The van der Waals surface area contributed by atoms with Gasteiger partial charge in [0.25, 0.3) is 0 Å². The zero-order valence-corrected chi connectivity index (χ0v) is 20.5. The van der Waals surface area contributed by atoms with Gasteiger partial charge in [-0.3, -0.25) is 14.5 Å². The molecular weight excluding hydrogens is 442 g/mol. The van der Waals surface area contributed by atoms with E-state index < -0.39 is 0 Å². The van der Waals surface area contributed by atoms with E-state index >= 15 is 0 Å². The summed E-state index contributed by atoms with van der Waals surface area (Å²) in [7, 11) is 0. The van der Waals surface area contributed by atoms with Gasteiger partial charge in [0, 0.05) is 17.5 Å². The summed E-state index contributed by atoms with van der Waals surface area (Å²) in [5.74, 6) is 1.53. The van der Waals surface area contributed by atoms with E-state index in [1.807, 2.05) is 76.2 Å². The largest absolute Gasteiger partial charge is 0.492 e. The van der Waals surface area contributed by atoms with Crippen molar-refractivity contribution in [3.63, 3.8) is 0 Å². The van der Waals surface area contributed by atoms with Crippen molar-refractivity contribution in [1.29, 1.82) is 0 Å². The van der Waals surface area contributed by atoms with Gasteiger partial charge in [0.15, 0.2) is 5.17 Å². The molecule has 2 amide bonds. The predicted molar refractivity (Wildman–Crippen MR) is 135 cm³/mol. The first kappa shape index (κ1) is 24.2. The summed E-state index contributed by atoms with van der Waals surface area (Å²) >= 11 is 2.90. The van der Waals surface area contributed by atoms with E-state index in [0.29, 0.717) is 23.2 Å². The fourth-order valence-electron chi connectivity index (χ4n) is 3.16. The number of amidine groups is 1. The molecule has 1 aliphatic heterocycles. The maximum absolute atomic E-state index is 13.2. The summed E-state index contributed by atoms with van der Waals surface area (Å²) in [6.07, 6.45) is 0. The molecule has 1 heterocycles. The third kappa shape index (κ3) is 6.29. The van der Waals surface area contributed by atoms with Gasteiger partial charge in [-0.05, 0) is 52.0 Å². The standard InChI is InChI=1S/C24H29N3O3S2/c1-5-30-21-9-7-6-8-20(21)26-24-27(17(3)14-32-24)23(29)18(4)31-15-22(28)25-19-12-10-16(2)11-13-19/h6-13,17-18H,5,14-15H2,1-4H3,(H,25,28). The van der Waals surface area contributed by atoms with Crippen LogP contribution >= 0.6 is 23.5 Å². The lowest BCUT2D eigenvalue weighted by molar-refractivity contribution is -0.127. The molecule has 0 saturated carbocycles. The number of para-hydroxylation sites is 2. The second-order valence-corrected chi connectivity index (χ2v) is 9.85. The lowest BCUT2D eigenvalue weighted by Gasteiger charge is -2.24. The number of hydrogen-bond donors (Lipinski definition) is 1. The van der Waals surface area contributed by atoms with Crippen LogP contribution in [0.3, 0.4) is 0 Å². The van der Waals surface area contributed by atoms with Gasteiger partial charge < -0.3 is 10.1 Å². The van der Waals surface area contributed by atoms with Crippen molar-refractivity contribution in [3.8, 4) is 5.75 Å². The van der Waals surface area contributed by atoms with Crippen molar-refractivity contribution in [2.24, 2.45) is 4.99 Å². The molecule has 2 aromatic rings. The Hall–Kier alpha value is -2.45. The molecular formula is C24H29N3O3S2. The van der Waals surface area contributed by atoms with Gasteiger partial charge >= 0.3 is 0 Å². The highest BCUT2D eigenvalue weighted by Gasteiger charge is 2.35. The average Bonchev–Trinajstić information content (AvgIpc) is 3.14. The third-order valence-electron chi connectivity index (χ3n) is 4.87. The number of benzene rings is 2. The van der Waals surface area contributed by atoms with Crippen molar-refractivity contribution in [1.82, 2.24) is 4.90 Å². The number of aryl methyl sites for hydroxylation is 1. The smallest absolute Gasteiger partial charge is 0.241 e. The van der Waals surface area contributed by atoms with E-state index in [2.05, 4.69) is 5.32 Å². The van der Waals surface area contributed by atoms with E-state index in [9.17, 15) is 9.59 Å². The molecule has 0 radical (unpaired) electrons. The second kappa shape index (κ2) is 11.4. The third-order valence-corrected chi connectivity index (χ3v) is 7.19. The van der Waals surface area contributed by atoms with E-state index in [-0.39, 0.29) is 28.9 Å². The van der Waals surface area contributed by atoms with E-state index in [0.717, 1.165) is 17.0 Å². The Labute approximate surface area is 198 Å². The first-order chi connectivity index (χ1) is 15.4. The molecule has 1 fully saturated rings. The molecule has 0 spiro atoms. The van der Waals surface area contributed by atoms with Crippen LogP contribution in [-0.2, 0) is 9.59 Å². The van der Waals surface area contributed by atoms with E-state index in [1.54, 1.807) is 16.7 Å². The Morgan fingerprint density at radius 3 is 2.69 bits per heavy atom. The van der Waals surface area contributed by atoms with Gasteiger partial charge in [-0.15, -0.1) is 11.8 Å². The second-order valence-electron chi connectivity index (χ2n) is 7.53. The molecule has 2 unspecified atom stereocenters. The summed E-state index contributed by atoms with van der Waals surface area (Å²) < 4.78 is 5.67. The molecule has 1 aliphatic rings. The van der Waals surface area contributed by atoms with Crippen LogP contribution in [0.1, 0.15) is 26.3 Å². The molecule has 6 nitrogen and oxygen atoms in total. The van der Waals surface area contributed by atoms with Crippen LogP contribution in [-0.4, -0.2) is 51.3 Å². The van der Waals surface area contributed by atoms with Crippen LogP contribution in [0.5, 0.6) is 5.75 Å². The van der Waals surface area contributed by atoms with Crippen molar-refractivity contribution in [3.05, 3.63) is 54.1 Å². The number of ether oxygens (including phenoxy) is 1. The molecule has 1 N–H and O–H groups in total. The molecule has 32 heavy (non-hydrogen) atoms. The number of rotatable bonds is 8. The fourth-order valence-corrected chi connectivity index (χ4v) is 5.00. The van der Waals surface area contributed by atoms with Gasteiger partial charge in [-0.1, -0.05) is 41.6 Å². The van der Waals surface area contributed by atoms with Crippen molar-refractivity contribution in [2.75, 3.05) is 23.4 Å². The monoisotopic (exact) mass is 471 g/mol. The van der Waals surface area contributed by atoms with Crippen molar-refractivity contribution >= 4 is 51.9 Å². The number of carbonyl (C=O) groups excluding carboxylic acids is 2. The van der Waals surface area contributed by atoms with Crippen LogP contribution in [0.25, 0.3) is 0 Å². The lowest BCUT2D eigenvalue weighted by atomic mass is 10.2. The number of hydrogen-bond acceptors (Lipinski definition) is 6. The zero-order chi connectivity index (χ0) is 23.1. The lowest BCUT2D eigenvalue weighted by Crippen LogP contribution is -2.42. The fraction of sp³-hybridized carbons (Fsp3) is 0.375. The number of thioether (sulfide) groups is 2. The van der Waals surface area contributed by atoms with Gasteiger partial charge in [0.05, 0.1) is 17.6 Å². The Balaban J connectivity index is 1.64. The van der Waals surface area contributed by atoms with Gasteiger partial charge in [0.2, 0.25) is 11.8 Å². The molecule has 8 heteroatoms. The highest BCUT2D eigenvalue weighted by Crippen LogP contribution is 2.33. The molecule has 0 aromatic heterocycles. The first-order valence-electron chi connectivity index (χ1n) is 10.6. The highest BCUT2D eigenvalue weighted by molar-refractivity contribution is 8.14. The Bertz CT molecular complexity index is 979. The van der Waals surface area contributed by atoms with Crippen LogP contribution in [0.2, 0.25) is 0 Å². The molecule has 170 valence electrons. The molecule has 2 aromatic carbocycles. The summed E-state index contributed by atoms with van der Waals surface area (Å²) in [4.78, 5) is 32.0. The van der Waals surface area contributed by atoms with Crippen molar-refractivity contribution in [2.45, 2.75) is 39.0 Å². The first-order valence-corrected chi connectivity index (χ1v) is 12.7. The maximum Gasteiger partial charge on any atom is 0.241 e. The van der Waals surface area contributed by atoms with E-state index in [1.165, 1.54) is 11.8 Å². The Kier molecular flexibility index (Phi) is 8.64. The Morgan fingerprint density at radius 1 is 1.25 bits per heavy atom. The number of aliphatic imine (C=N–C) groups is 1. The molecule has 1 saturated heterocycles. The quantitative estimate of drug-likeness (QED) is 0.580. The van der Waals surface area contributed by atoms with Gasteiger partial charge in [0.1, 0.15) is 11.4 Å². The minimum Gasteiger partial charge on any atom is -0.492 e. The van der Waals surface area contributed by atoms with Gasteiger partial charge in [-0.2, -0.15) is 0 Å². The minimum atomic E-state index is -0.368. The average molecular weight is 472 g/mol. The normalized spacial score (nSPS) is 17.9.